The monoisotopic (exact) mass is 365 g/mol. The number of hydrogen-bond donors (Lipinski definition) is 1. The molecular weight excluding hydrogens is 346 g/mol. The minimum Gasteiger partial charge on any atom is -0.497 e. The maximum Gasteiger partial charge on any atom is 0.280 e. The van der Waals surface area contributed by atoms with Crippen LogP contribution in [-0.4, -0.2) is 29.9 Å². The van der Waals surface area contributed by atoms with Crippen LogP contribution in [0.5, 0.6) is 11.5 Å². The lowest BCUT2D eigenvalue weighted by atomic mass is 10.2. The second-order valence-electron chi connectivity index (χ2n) is 5.77. The zero-order valence-electron chi connectivity index (χ0n) is 15.2. The first-order chi connectivity index (χ1) is 13.0. The Kier molecular flexibility index (Phi) is 5.21. The van der Waals surface area contributed by atoms with E-state index in [9.17, 15) is 9.59 Å². The Morgan fingerprint density at radius 3 is 2.44 bits per heavy atom. The van der Waals surface area contributed by atoms with Gasteiger partial charge in [0.2, 0.25) is 5.43 Å². The fraction of sp³-hybridized carbons (Fsp3) is 0.150. The lowest BCUT2D eigenvalue weighted by Crippen LogP contribution is -2.27. The number of ether oxygens (including phenoxy) is 2. The molecule has 1 amide bonds. The van der Waals surface area contributed by atoms with Crippen LogP contribution < -0.4 is 20.2 Å². The summed E-state index contributed by atoms with van der Waals surface area (Å²) in [6.07, 6.45) is 0. The van der Waals surface area contributed by atoms with Crippen molar-refractivity contribution in [1.29, 1.82) is 0 Å². The molecule has 0 saturated heterocycles. The second kappa shape index (κ2) is 7.74. The largest absolute Gasteiger partial charge is 0.497 e. The number of methoxy groups -OCH3 is 2. The van der Waals surface area contributed by atoms with Crippen LogP contribution in [0.1, 0.15) is 16.2 Å². The molecule has 7 nitrogen and oxygen atoms in total. The molecule has 138 valence electrons. The molecule has 0 saturated carbocycles. The lowest BCUT2D eigenvalue weighted by molar-refractivity contribution is 0.101. The number of hydrogen-bond acceptors (Lipinski definition) is 5. The molecule has 0 aliphatic rings. The van der Waals surface area contributed by atoms with Crippen LogP contribution >= 0.6 is 0 Å². The van der Waals surface area contributed by atoms with Gasteiger partial charge in [0.15, 0.2) is 5.69 Å². The summed E-state index contributed by atoms with van der Waals surface area (Å²) >= 11 is 0. The van der Waals surface area contributed by atoms with Gasteiger partial charge < -0.3 is 14.8 Å². The highest BCUT2D eigenvalue weighted by molar-refractivity contribution is 6.03. The van der Waals surface area contributed by atoms with E-state index in [2.05, 4.69) is 10.4 Å². The van der Waals surface area contributed by atoms with E-state index in [0.717, 1.165) is 5.69 Å². The van der Waals surface area contributed by atoms with Crippen LogP contribution in [0.3, 0.4) is 0 Å². The average molecular weight is 365 g/mol. The summed E-state index contributed by atoms with van der Waals surface area (Å²) in [7, 11) is 3.02. The smallest absolute Gasteiger partial charge is 0.280 e. The maximum absolute atomic E-state index is 12.7. The molecule has 27 heavy (non-hydrogen) atoms. The first kappa shape index (κ1) is 18.2. The molecule has 0 aliphatic heterocycles. The van der Waals surface area contributed by atoms with Crippen LogP contribution in [0.4, 0.5) is 5.69 Å². The number of nitrogens with zero attached hydrogens (tertiary/aromatic N) is 2. The summed E-state index contributed by atoms with van der Waals surface area (Å²) in [6, 6.07) is 15.6. The van der Waals surface area contributed by atoms with E-state index in [4.69, 9.17) is 9.47 Å². The summed E-state index contributed by atoms with van der Waals surface area (Å²) < 4.78 is 12.0. The van der Waals surface area contributed by atoms with Crippen LogP contribution in [0.2, 0.25) is 0 Å². The Hall–Kier alpha value is -3.61. The van der Waals surface area contributed by atoms with Gasteiger partial charge in [-0.15, -0.1) is 0 Å². The Bertz CT molecular complexity index is 1030. The Balaban J connectivity index is 1.97. The lowest BCUT2D eigenvalue weighted by Gasteiger charge is -2.13. The SMILES string of the molecule is COc1ccc(NC(=O)c2nn(-c3ccccc3)c(C)cc2=O)c(OC)c1. The number of benzene rings is 2. The van der Waals surface area contributed by atoms with Crippen molar-refractivity contribution in [2.24, 2.45) is 0 Å². The number of aryl methyl sites for hydroxylation is 1. The van der Waals surface area contributed by atoms with Gasteiger partial charge in [-0.2, -0.15) is 5.10 Å². The molecule has 0 fully saturated rings. The molecular formula is C20H19N3O4. The predicted octanol–water partition coefficient (Wildman–Crippen LogP) is 2.81. The van der Waals surface area contributed by atoms with E-state index in [1.165, 1.54) is 20.3 Å². The summed E-state index contributed by atoms with van der Waals surface area (Å²) in [5.74, 6) is 0.385. The van der Waals surface area contributed by atoms with Crippen LogP contribution in [0.25, 0.3) is 5.69 Å². The third-order valence-corrected chi connectivity index (χ3v) is 3.98. The van der Waals surface area contributed by atoms with Gasteiger partial charge in [0.1, 0.15) is 11.5 Å². The quantitative estimate of drug-likeness (QED) is 0.752. The molecule has 0 atom stereocenters. The van der Waals surface area contributed by atoms with Crippen molar-refractivity contribution in [3.63, 3.8) is 0 Å². The van der Waals surface area contributed by atoms with Crippen molar-refractivity contribution < 1.29 is 14.3 Å². The van der Waals surface area contributed by atoms with Gasteiger partial charge in [0.05, 0.1) is 25.6 Å². The molecule has 1 aromatic heterocycles. The highest BCUT2D eigenvalue weighted by Crippen LogP contribution is 2.29. The van der Waals surface area contributed by atoms with E-state index in [1.807, 2.05) is 30.3 Å². The molecule has 0 unspecified atom stereocenters. The maximum atomic E-state index is 12.7. The normalized spacial score (nSPS) is 10.3. The zero-order valence-corrected chi connectivity index (χ0v) is 15.2. The van der Waals surface area contributed by atoms with Crippen molar-refractivity contribution in [3.8, 4) is 17.2 Å². The third kappa shape index (κ3) is 3.82. The summed E-state index contributed by atoms with van der Waals surface area (Å²) in [4.78, 5) is 25.0. The van der Waals surface area contributed by atoms with Crippen LogP contribution in [-0.2, 0) is 0 Å². The predicted molar refractivity (Wildman–Crippen MR) is 102 cm³/mol. The van der Waals surface area contributed by atoms with Crippen LogP contribution in [0, 0.1) is 6.92 Å². The molecule has 2 aromatic carbocycles. The summed E-state index contributed by atoms with van der Waals surface area (Å²) in [6.45, 7) is 1.76. The molecule has 3 aromatic rings. The third-order valence-electron chi connectivity index (χ3n) is 3.98. The number of amides is 1. The fourth-order valence-electron chi connectivity index (χ4n) is 2.62. The first-order valence-electron chi connectivity index (χ1n) is 8.23. The van der Waals surface area contributed by atoms with E-state index in [1.54, 1.807) is 29.8 Å². The van der Waals surface area contributed by atoms with Gasteiger partial charge in [-0.3, -0.25) is 9.59 Å². The van der Waals surface area contributed by atoms with E-state index in [0.29, 0.717) is 22.9 Å². The number of carbonyl (C=O) groups excluding carboxylic acids is 1. The van der Waals surface area contributed by atoms with E-state index in [-0.39, 0.29) is 5.69 Å². The molecule has 0 aliphatic carbocycles. The number of aromatic nitrogens is 2. The van der Waals surface area contributed by atoms with E-state index >= 15 is 0 Å². The standard InChI is InChI=1S/C20H19N3O4/c1-13-11-17(24)19(22-23(13)14-7-5-4-6-8-14)20(25)21-16-10-9-15(26-2)12-18(16)27-3/h4-12H,1-3H3,(H,21,25). The summed E-state index contributed by atoms with van der Waals surface area (Å²) in [5.41, 5.74) is 1.14. The molecule has 1 N–H and O–H groups in total. The topological polar surface area (TPSA) is 82.5 Å². The minimum absolute atomic E-state index is 0.206. The van der Waals surface area contributed by atoms with Gasteiger partial charge in [-0.1, -0.05) is 18.2 Å². The highest BCUT2D eigenvalue weighted by Gasteiger charge is 2.17. The number of nitrogens with one attached hydrogen (secondary N) is 1. The molecule has 0 radical (unpaired) electrons. The fourth-order valence-corrected chi connectivity index (χ4v) is 2.62. The second-order valence-corrected chi connectivity index (χ2v) is 5.77. The molecule has 7 heteroatoms. The zero-order chi connectivity index (χ0) is 19.4. The van der Waals surface area contributed by atoms with Crippen molar-refractivity contribution >= 4 is 11.6 Å². The van der Waals surface area contributed by atoms with Crippen molar-refractivity contribution in [2.75, 3.05) is 19.5 Å². The average Bonchev–Trinajstić information content (AvgIpc) is 2.69. The van der Waals surface area contributed by atoms with Crippen molar-refractivity contribution in [1.82, 2.24) is 9.78 Å². The molecule has 3 rings (SSSR count). The van der Waals surface area contributed by atoms with Gasteiger partial charge in [0, 0.05) is 17.8 Å². The summed E-state index contributed by atoms with van der Waals surface area (Å²) in [5, 5.41) is 6.93. The minimum atomic E-state index is -0.617. The van der Waals surface area contributed by atoms with Gasteiger partial charge in [-0.05, 0) is 31.2 Å². The number of rotatable bonds is 5. The van der Waals surface area contributed by atoms with E-state index < -0.39 is 11.3 Å². The molecule has 1 heterocycles. The highest BCUT2D eigenvalue weighted by atomic mass is 16.5. The molecule has 0 bridgehead atoms. The Labute approximate surface area is 156 Å². The number of anilines is 1. The number of carbonyl (C=O) groups is 1. The molecule has 0 spiro atoms. The van der Waals surface area contributed by atoms with Gasteiger partial charge >= 0.3 is 0 Å². The number of para-hydroxylation sites is 1. The van der Waals surface area contributed by atoms with Crippen molar-refractivity contribution in [2.45, 2.75) is 6.92 Å². The van der Waals surface area contributed by atoms with Crippen LogP contribution in [0.15, 0.2) is 59.4 Å². The first-order valence-corrected chi connectivity index (χ1v) is 8.23. The van der Waals surface area contributed by atoms with Gasteiger partial charge in [0.25, 0.3) is 5.91 Å². The van der Waals surface area contributed by atoms with Crippen molar-refractivity contribution in [3.05, 3.63) is 76.2 Å². The van der Waals surface area contributed by atoms with Gasteiger partial charge in [-0.25, -0.2) is 4.68 Å². The Morgan fingerprint density at radius 2 is 1.78 bits per heavy atom. The Morgan fingerprint density at radius 1 is 1.04 bits per heavy atom.